The van der Waals surface area contributed by atoms with Gasteiger partial charge in [0, 0.05) is 37.8 Å². The van der Waals surface area contributed by atoms with Crippen LogP contribution in [0, 0.1) is 0 Å². The largest absolute Gasteiger partial charge is 0.497 e. The molecule has 7 nitrogen and oxygen atoms in total. The maximum Gasteiger partial charge on any atom is 0.226 e. The van der Waals surface area contributed by atoms with Crippen LogP contribution in [0.4, 0.5) is 0 Å². The number of hydrogen-bond acceptors (Lipinski definition) is 5. The maximum atomic E-state index is 5.59. The minimum Gasteiger partial charge on any atom is -0.497 e. The van der Waals surface area contributed by atoms with Gasteiger partial charge >= 0.3 is 0 Å². The molecular weight excluding hydrogens is 495 g/mol. The highest BCUT2D eigenvalue weighted by molar-refractivity contribution is 14.0. The van der Waals surface area contributed by atoms with Crippen LogP contribution in [0.15, 0.2) is 64.2 Å². The number of aliphatic imine (C=N–C) groups is 1. The summed E-state index contributed by atoms with van der Waals surface area (Å²) in [6.07, 6.45) is 1.66. The molecule has 0 amide bonds. The van der Waals surface area contributed by atoms with Crippen LogP contribution in [0.1, 0.15) is 11.3 Å². The zero-order valence-electron chi connectivity index (χ0n) is 17.6. The van der Waals surface area contributed by atoms with Crippen LogP contribution in [0.5, 0.6) is 11.5 Å². The number of guanidine groups is 1. The number of nitrogens with zero attached hydrogens (tertiary/aromatic N) is 3. The smallest absolute Gasteiger partial charge is 0.226 e. The third kappa shape index (κ3) is 5.88. The zero-order valence-corrected chi connectivity index (χ0v) is 19.9. The summed E-state index contributed by atoms with van der Waals surface area (Å²) < 4.78 is 16.3. The fourth-order valence-corrected chi connectivity index (χ4v) is 2.97. The van der Waals surface area contributed by atoms with Gasteiger partial charge in [-0.05, 0) is 24.3 Å². The molecule has 0 aliphatic rings. The SMILES string of the molecule is CN=C(NCc1coc(-c2ccccc2)n1)N(C)Cc1ccc(OC)cc1OC.I. The lowest BCUT2D eigenvalue weighted by Crippen LogP contribution is -2.38. The third-order valence-corrected chi connectivity index (χ3v) is 4.48. The van der Waals surface area contributed by atoms with E-state index in [1.54, 1.807) is 27.5 Å². The van der Waals surface area contributed by atoms with Gasteiger partial charge in [-0.25, -0.2) is 4.98 Å². The number of nitrogens with one attached hydrogen (secondary N) is 1. The summed E-state index contributed by atoms with van der Waals surface area (Å²) >= 11 is 0. The van der Waals surface area contributed by atoms with E-state index in [1.807, 2.05) is 60.5 Å². The summed E-state index contributed by atoms with van der Waals surface area (Å²) in [5.74, 6) is 2.88. The molecule has 30 heavy (non-hydrogen) atoms. The van der Waals surface area contributed by atoms with Gasteiger partial charge in [-0.15, -0.1) is 24.0 Å². The van der Waals surface area contributed by atoms with Gasteiger partial charge in [-0.3, -0.25) is 4.99 Å². The van der Waals surface area contributed by atoms with Crippen molar-refractivity contribution in [3.8, 4) is 23.0 Å². The van der Waals surface area contributed by atoms with Gasteiger partial charge in [0.2, 0.25) is 5.89 Å². The van der Waals surface area contributed by atoms with Crippen LogP contribution in [0.2, 0.25) is 0 Å². The number of ether oxygens (including phenoxy) is 2. The van der Waals surface area contributed by atoms with Crippen molar-refractivity contribution in [2.24, 2.45) is 4.99 Å². The first-order valence-electron chi connectivity index (χ1n) is 9.27. The standard InChI is InChI=1S/C22H26N4O3.HI/c1-23-22(26(2)14-17-10-11-19(27-3)12-20(17)28-4)24-13-18-15-29-21(25-18)16-8-6-5-7-9-16;/h5-12,15H,13-14H2,1-4H3,(H,23,24);1H. The van der Waals surface area contributed by atoms with E-state index in [9.17, 15) is 0 Å². The zero-order chi connectivity index (χ0) is 20.6. The van der Waals surface area contributed by atoms with Gasteiger partial charge in [0.15, 0.2) is 5.96 Å². The average molecular weight is 522 g/mol. The van der Waals surface area contributed by atoms with Gasteiger partial charge in [0.05, 0.1) is 26.5 Å². The average Bonchev–Trinajstić information content (AvgIpc) is 3.24. The van der Waals surface area contributed by atoms with Crippen LogP contribution >= 0.6 is 24.0 Å². The fraction of sp³-hybridized carbons (Fsp3) is 0.273. The quantitative estimate of drug-likeness (QED) is 0.285. The minimum atomic E-state index is 0. The number of oxazole rings is 1. The maximum absolute atomic E-state index is 5.59. The second-order valence-electron chi connectivity index (χ2n) is 6.44. The molecule has 1 heterocycles. The first-order chi connectivity index (χ1) is 14.1. The minimum absolute atomic E-state index is 0. The molecule has 0 spiro atoms. The van der Waals surface area contributed by atoms with Crippen molar-refractivity contribution >= 4 is 29.9 Å². The Balaban J connectivity index is 0.00000320. The van der Waals surface area contributed by atoms with E-state index in [2.05, 4.69) is 15.3 Å². The van der Waals surface area contributed by atoms with E-state index in [0.29, 0.717) is 19.0 Å². The molecule has 0 fully saturated rings. The molecule has 1 aromatic heterocycles. The predicted molar refractivity (Wildman–Crippen MR) is 129 cm³/mol. The van der Waals surface area contributed by atoms with Crippen molar-refractivity contribution in [3.05, 3.63) is 66.1 Å². The normalized spacial score (nSPS) is 10.9. The monoisotopic (exact) mass is 522 g/mol. The molecule has 3 aromatic rings. The summed E-state index contributed by atoms with van der Waals surface area (Å²) in [7, 11) is 7.01. The van der Waals surface area contributed by atoms with E-state index in [4.69, 9.17) is 13.9 Å². The number of halogens is 1. The number of benzene rings is 2. The summed E-state index contributed by atoms with van der Waals surface area (Å²) in [6.45, 7) is 1.13. The highest BCUT2D eigenvalue weighted by atomic mass is 127. The van der Waals surface area contributed by atoms with Crippen LogP contribution < -0.4 is 14.8 Å². The van der Waals surface area contributed by atoms with Crippen LogP contribution in [-0.2, 0) is 13.1 Å². The van der Waals surface area contributed by atoms with Crippen molar-refractivity contribution in [2.45, 2.75) is 13.1 Å². The fourth-order valence-electron chi connectivity index (χ4n) is 2.97. The van der Waals surface area contributed by atoms with Crippen molar-refractivity contribution in [1.29, 1.82) is 0 Å². The summed E-state index contributed by atoms with van der Waals surface area (Å²) in [4.78, 5) is 10.9. The third-order valence-electron chi connectivity index (χ3n) is 4.48. The number of methoxy groups -OCH3 is 2. The summed E-state index contributed by atoms with van der Waals surface area (Å²) in [5, 5.41) is 3.32. The molecule has 0 unspecified atom stereocenters. The van der Waals surface area contributed by atoms with E-state index in [0.717, 1.165) is 34.3 Å². The Bertz CT molecular complexity index is 960. The van der Waals surface area contributed by atoms with Crippen molar-refractivity contribution in [3.63, 3.8) is 0 Å². The highest BCUT2D eigenvalue weighted by Gasteiger charge is 2.12. The van der Waals surface area contributed by atoms with E-state index < -0.39 is 0 Å². The Labute approximate surface area is 194 Å². The summed E-state index contributed by atoms with van der Waals surface area (Å²) in [5.41, 5.74) is 2.79. The molecule has 0 aliphatic heterocycles. The second-order valence-corrected chi connectivity index (χ2v) is 6.44. The van der Waals surface area contributed by atoms with Gasteiger partial charge in [-0.1, -0.05) is 18.2 Å². The lowest BCUT2D eigenvalue weighted by atomic mass is 10.2. The lowest BCUT2D eigenvalue weighted by Gasteiger charge is -2.23. The Morgan fingerprint density at radius 3 is 2.57 bits per heavy atom. The van der Waals surface area contributed by atoms with Gasteiger partial charge in [0.25, 0.3) is 0 Å². The Morgan fingerprint density at radius 2 is 1.90 bits per heavy atom. The van der Waals surface area contributed by atoms with Crippen LogP contribution in [0.3, 0.4) is 0 Å². The van der Waals surface area contributed by atoms with E-state index >= 15 is 0 Å². The molecule has 0 bridgehead atoms. The molecule has 2 aromatic carbocycles. The number of rotatable bonds is 7. The Hall–Kier alpha value is -2.75. The topological polar surface area (TPSA) is 72.1 Å². The molecule has 0 atom stereocenters. The van der Waals surface area contributed by atoms with Crippen molar-refractivity contribution < 1.29 is 13.9 Å². The predicted octanol–water partition coefficient (Wildman–Crippen LogP) is 4.18. The first kappa shape index (κ1) is 23.5. The van der Waals surface area contributed by atoms with Gasteiger partial charge < -0.3 is 24.1 Å². The molecule has 160 valence electrons. The molecule has 8 heteroatoms. The molecule has 0 aliphatic carbocycles. The molecule has 3 rings (SSSR count). The van der Waals surface area contributed by atoms with Crippen molar-refractivity contribution in [1.82, 2.24) is 15.2 Å². The van der Waals surface area contributed by atoms with Crippen LogP contribution in [-0.4, -0.2) is 44.2 Å². The van der Waals surface area contributed by atoms with Gasteiger partial charge in [-0.2, -0.15) is 0 Å². The Morgan fingerprint density at radius 1 is 1.13 bits per heavy atom. The van der Waals surface area contributed by atoms with Crippen LogP contribution in [0.25, 0.3) is 11.5 Å². The molecule has 0 radical (unpaired) electrons. The lowest BCUT2D eigenvalue weighted by molar-refractivity contribution is 0.382. The number of hydrogen-bond donors (Lipinski definition) is 1. The molecule has 0 saturated carbocycles. The molecular formula is C22H27IN4O3. The van der Waals surface area contributed by atoms with E-state index in [-0.39, 0.29) is 24.0 Å². The highest BCUT2D eigenvalue weighted by Crippen LogP contribution is 2.25. The molecule has 0 saturated heterocycles. The van der Waals surface area contributed by atoms with E-state index in [1.165, 1.54) is 0 Å². The first-order valence-corrected chi connectivity index (χ1v) is 9.27. The molecule has 1 N–H and O–H groups in total. The number of aromatic nitrogens is 1. The summed E-state index contributed by atoms with van der Waals surface area (Å²) in [6, 6.07) is 15.6. The second kappa shape index (κ2) is 11.4. The Kier molecular flexibility index (Phi) is 8.97. The van der Waals surface area contributed by atoms with Crippen molar-refractivity contribution in [2.75, 3.05) is 28.3 Å². The van der Waals surface area contributed by atoms with Gasteiger partial charge in [0.1, 0.15) is 17.8 Å².